The van der Waals surface area contributed by atoms with Crippen LogP contribution in [0.4, 0.5) is 0 Å². The number of carbonyl (C=O) groups excluding carboxylic acids is 3. The van der Waals surface area contributed by atoms with Crippen molar-refractivity contribution in [1.82, 2.24) is 5.32 Å². The SMILES string of the molecule is COC(=O)[C@H](CC(CN)C(=O)CC(C)N=[N+]=[N-])NC(=O)CC(C)N=[N+]=[N-]. The van der Waals surface area contributed by atoms with Crippen molar-refractivity contribution in [3.8, 4) is 0 Å². The Hall–Kier alpha value is -2.81. The molecule has 0 rings (SSSR count). The van der Waals surface area contributed by atoms with Gasteiger partial charge in [0.25, 0.3) is 0 Å². The van der Waals surface area contributed by atoms with Crippen LogP contribution in [0.1, 0.15) is 33.1 Å². The molecule has 0 spiro atoms. The predicted molar refractivity (Wildman–Crippen MR) is 92.6 cm³/mol. The molecule has 144 valence electrons. The normalized spacial score (nSPS) is 14.6. The fourth-order valence-corrected chi connectivity index (χ4v) is 2.24. The van der Waals surface area contributed by atoms with Crippen LogP contribution < -0.4 is 11.1 Å². The fourth-order valence-electron chi connectivity index (χ4n) is 2.24. The van der Waals surface area contributed by atoms with E-state index in [4.69, 9.17) is 16.8 Å². The zero-order valence-corrected chi connectivity index (χ0v) is 15.0. The lowest BCUT2D eigenvalue weighted by Crippen LogP contribution is -2.45. The van der Waals surface area contributed by atoms with Crippen LogP contribution in [-0.4, -0.2) is 49.4 Å². The number of methoxy groups -OCH3 is 1. The number of ketones is 1. The van der Waals surface area contributed by atoms with Crippen LogP contribution in [0.15, 0.2) is 10.2 Å². The summed E-state index contributed by atoms with van der Waals surface area (Å²) >= 11 is 0. The summed E-state index contributed by atoms with van der Waals surface area (Å²) in [5.41, 5.74) is 22.4. The van der Waals surface area contributed by atoms with Gasteiger partial charge >= 0.3 is 5.97 Å². The molecule has 0 aliphatic carbocycles. The van der Waals surface area contributed by atoms with Crippen molar-refractivity contribution in [3.05, 3.63) is 20.9 Å². The molecule has 0 saturated carbocycles. The number of carbonyl (C=O) groups is 3. The van der Waals surface area contributed by atoms with E-state index in [0.717, 1.165) is 7.11 Å². The van der Waals surface area contributed by atoms with Gasteiger partial charge in [-0.2, -0.15) is 0 Å². The molecule has 0 fully saturated rings. The highest BCUT2D eigenvalue weighted by molar-refractivity contribution is 5.86. The van der Waals surface area contributed by atoms with Gasteiger partial charge in [0.05, 0.1) is 7.11 Å². The number of nitrogens with zero attached hydrogens (tertiary/aromatic N) is 6. The summed E-state index contributed by atoms with van der Waals surface area (Å²) in [4.78, 5) is 41.4. The number of rotatable bonds is 12. The van der Waals surface area contributed by atoms with Crippen LogP contribution in [0, 0.1) is 5.92 Å². The number of hydrogen-bond donors (Lipinski definition) is 2. The molecule has 0 aliphatic rings. The predicted octanol–water partition coefficient (Wildman–Crippen LogP) is 1.36. The Morgan fingerprint density at radius 2 is 1.65 bits per heavy atom. The minimum absolute atomic E-state index is 0.0261. The molecule has 0 aliphatic heterocycles. The third-order valence-corrected chi connectivity index (χ3v) is 3.56. The Morgan fingerprint density at radius 3 is 2.12 bits per heavy atom. The van der Waals surface area contributed by atoms with Crippen molar-refractivity contribution in [2.75, 3.05) is 13.7 Å². The Morgan fingerprint density at radius 1 is 1.12 bits per heavy atom. The van der Waals surface area contributed by atoms with Crippen LogP contribution in [0.3, 0.4) is 0 Å². The maximum absolute atomic E-state index is 12.3. The zero-order chi connectivity index (χ0) is 20.1. The highest BCUT2D eigenvalue weighted by Gasteiger charge is 2.29. The van der Waals surface area contributed by atoms with Gasteiger partial charge in [0, 0.05) is 47.2 Å². The van der Waals surface area contributed by atoms with Gasteiger partial charge in [0.1, 0.15) is 11.8 Å². The number of hydrogen-bond acceptors (Lipinski definition) is 7. The second-order valence-corrected chi connectivity index (χ2v) is 5.79. The smallest absolute Gasteiger partial charge is 0.328 e. The van der Waals surface area contributed by atoms with Gasteiger partial charge in [0.15, 0.2) is 0 Å². The molecule has 26 heavy (non-hydrogen) atoms. The summed E-state index contributed by atoms with van der Waals surface area (Å²) in [6.45, 7) is 3.10. The van der Waals surface area contributed by atoms with Gasteiger partial charge in [-0.15, -0.1) is 0 Å². The molecule has 12 heteroatoms. The van der Waals surface area contributed by atoms with E-state index in [1.165, 1.54) is 0 Å². The van der Waals surface area contributed by atoms with Crippen molar-refractivity contribution < 1.29 is 19.1 Å². The molecule has 0 radical (unpaired) electrons. The van der Waals surface area contributed by atoms with E-state index in [9.17, 15) is 14.4 Å². The number of nitrogens with two attached hydrogens (primary N) is 1. The minimum Gasteiger partial charge on any atom is -0.467 e. The zero-order valence-electron chi connectivity index (χ0n) is 15.0. The molecule has 0 aromatic rings. The van der Waals surface area contributed by atoms with Gasteiger partial charge in [-0.1, -0.05) is 24.1 Å². The topological polar surface area (TPSA) is 196 Å². The lowest BCUT2D eigenvalue weighted by atomic mass is 9.92. The van der Waals surface area contributed by atoms with Crippen LogP contribution in [0.2, 0.25) is 0 Å². The maximum atomic E-state index is 12.3. The second-order valence-electron chi connectivity index (χ2n) is 5.79. The molecular formula is C14H24N8O4. The first-order chi connectivity index (χ1) is 12.3. The standard InChI is InChI=1S/C14H24N8O4/c1-8(19-21-16)4-12(23)10(7-15)6-11(14(25)26-3)18-13(24)5-9(2)20-22-17/h8-11H,4-7,15H2,1-3H3,(H,18,24)/t8?,9?,10?,11-/m0/s1. The van der Waals surface area contributed by atoms with Crippen molar-refractivity contribution in [1.29, 1.82) is 0 Å². The summed E-state index contributed by atoms with van der Waals surface area (Å²) in [6.07, 6.45) is -0.193. The van der Waals surface area contributed by atoms with E-state index >= 15 is 0 Å². The highest BCUT2D eigenvalue weighted by atomic mass is 16.5. The van der Waals surface area contributed by atoms with Crippen molar-refractivity contribution in [2.24, 2.45) is 21.9 Å². The van der Waals surface area contributed by atoms with E-state index in [1.807, 2.05) is 0 Å². The largest absolute Gasteiger partial charge is 0.467 e. The van der Waals surface area contributed by atoms with Crippen molar-refractivity contribution in [3.63, 3.8) is 0 Å². The molecule has 0 heterocycles. The number of ether oxygens (including phenoxy) is 1. The van der Waals surface area contributed by atoms with E-state index < -0.39 is 35.9 Å². The summed E-state index contributed by atoms with van der Waals surface area (Å²) in [6, 6.07) is -2.20. The number of Topliss-reactive ketones (excluding diaryl/α,β-unsaturated/α-hetero) is 1. The van der Waals surface area contributed by atoms with E-state index in [2.05, 4.69) is 30.1 Å². The van der Waals surface area contributed by atoms with E-state index in [1.54, 1.807) is 13.8 Å². The Kier molecular flexibility index (Phi) is 11.2. The molecule has 0 aromatic heterocycles. The van der Waals surface area contributed by atoms with E-state index in [0.29, 0.717) is 0 Å². The highest BCUT2D eigenvalue weighted by Crippen LogP contribution is 2.14. The quantitative estimate of drug-likeness (QED) is 0.226. The van der Waals surface area contributed by atoms with Crippen LogP contribution in [-0.2, 0) is 19.1 Å². The summed E-state index contributed by atoms with van der Waals surface area (Å²) in [7, 11) is 1.16. The monoisotopic (exact) mass is 368 g/mol. The Bertz CT molecular complexity index is 598. The first kappa shape index (κ1) is 23.2. The molecule has 0 saturated heterocycles. The number of esters is 1. The summed E-state index contributed by atoms with van der Waals surface area (Å²) in [5, 5.41) is 9.28. The van der Waals surface area contributed by atoms with Crippen molar-refractivity contribution >= 4 is 17.7 Å². The average Bonchev–Trinajstić information content (AvgIpc) is 2.57. The van der Waals surface area contributed by atoms with Crippen LogP contribution in [0.25, 0.3) is 20.9 Å². The van der Waals surface area contributed by atoms with Crippen LogP contribution in [0.5, 0.6) is 0 Å². The first-order valence-electron chi connectivity index (χ1n) is 7.97. The molecular weight excluding hydrogens is 344 g/mol. The molecule has 1 amide bonds. The maximum Gasteiger partial charge on any atom is 0.328 e. The van der Waals surface area contributed by atoms with Crippen molar-refractivity contribution in [2.45, 2.75) is 51.2 Å². The molecule has 0 aromatic carbocycles. The van der Waals surface area contributed by atoms with Gasteiger partial charge < -0.3 is 15.8 Å². The third-order valence-electron chi connectivity index (χ3n) is 3.56. The second kappa shape index (κ2) is 12.5. The molecule has 0 bridgehead atoms. The molecule has 3 N–H and O–H groups in total. The van der Waals surface area contributed by atoms with Gasteiger partial charge in [-0.25, -0.2) is 4.79 Å². The fraction of sp³-hybridized carbons (Fsp3) is 0.786. The Balaban J connectivity index is 5.02. The Labute approximate surface area is 150 Å². The first-order valence-corrected chi connectivity index (χ1v) is 7.97. The number of nitrogens with one attached hydrogen (secondary N) is 1. The van der Waals surface area contributed by atoms with Gasteiger partial charge in [-0.05, 0) is 17.5 Å². The minimum atomic E-state index is -1.07. The molecule has 12 nitrogen and oxygen atoms in total. The summed E-state index contributed by atoms with van der Waals surface area (Å²) in [5.74, 6) is -2.24. The third kappa shape index (κ3) is 8.88. The summed E-state index contributed by atoms with van der Waals surface area (Å²) < 4.78 is 4.66. The van der Waals surface area contributed by atoms with Crippen LogP contribution >= 0.6 is 0 Å². The average molecular weight is 368 g/mol. The molecule has 4 atom stereocenters. The number of amides is 1. The van der Waals surface area contributed by atoms with E-state index in [-0.39, 0.29) is 31.6 Å². The lowest BCUT2D eigenvalue weighted by Gasteiger charge is -2.22. The van der Waals surface area contributed by atoms with Gasteiger partial charge in [-0.3, -0.25) is 9.59 Å². The molecule has 3 unspecified atom stereocenters. The number of azide groups is 2. The lowest BCUT2D eigenvalue weighted by molar-refractivity contribution is -0.145. The van der Waals surface area contributed by atoms with Gasteiger partial charge in [0.2, 0.25) is 5.91 Å².